The molecule has 0 bridgehead atoms. The molecule has 1 amide bonds. The first kappa shape index (κ1) is 16.0. The molecule has 8 nitrogen and oxygen atoms in total. The van der Waals surface area contributed by atoms with Crippen molar-refractivity contribution < 1.29 is 24.4 Å². The van der Waals surface area contributed by atoms with Gasteiger partial charge in [0.25, 0.3) is 11.6 Å². The average molecular weight is 316 g/mol. The standard InChI is InChI=1S/C15H12N2O6/c1-23-13-6-5-10(15(19)20)8-12(13)16-14(18)9-3-2-4-11(7-9)17(21)22/h2-8H,1H3,(H,16,18)(H,19,20). The van der Waals surface area contributed by atoms with Crippen molar-refractivity contribution in [3.8, 4) is 5.75 Å². The Labute approximate surface area is 130 Å². The zero-order valence-corrected chi connectivity index (χ0v) is 12.0. The largest absolute Gasteiger partial charge is 0.495 e. The topological polar surface area (TPSA) is 119 Å². The van der Waals surface area contributed by atoms with Gasteiger partial charge in [0.15, 0.2) is 0 Å². The van der Waals surface area contributed by atoms with Gasteiger partial charge in [0.05, 0.1) is 23.3 Å². The number of aromatic carboxylic acids is 1. The Morgan fingerprint density at radius 2 is 1.91 bits per heavy atom. The molecule has 0 unspecified atom stereocenters. The molecule has 0 heterocycles. The Morgan fingerprint density at radius 1 is 1.17 bits per heavy atom. The van der Waals surface area contributed by atoms with Gasteiger partial charge in [-0.25, -0.2) is 4.79 Å². The fourth-order valence-electron chi connectivity index (χ4n) is 1.89. The number of non-ortho nitro benzene ring substituents is 1. The van der Waals surface area contributed by atoms with Crippen LogP contribution in [0.15, 0.2) is 42.5 Å². The molecule has 0 saturated heterocycles. The van der Waals surface area contributed by atoms with Gasteiger partial charge < -0.3 is 15.2 Å². The Hall–Kier alpha value is -3.42. The second-order valence-corrected chi connectivity index (χ2v) is 4.48. The van der Waals surface area contributed by atoms with E-state index in [2.05, 4.69) is 5.32 Å². The van der Waals surface area contributed by atoms with E-state index in [1.165, 1.54) is 43.5 Å². The normalized spacial score (nSPS) is 9.96. The lowest BCUT2D eigenvalue weighted by Gasteiger charge is -2.11. The van der Waals surface area contributed by atoms with Crippen LogP contribution in [0.1, 0.15) is 20.7 Å². The van der Waals surface area contributed by atoms with Crippen LogP contribution >= 0.6 is 0 Å². The highest BCUT2D eigenvalue weighted by molar-refractivity contribution is 6.06. The van der Waals surface area contributed by atoms with Crippen LogP contribution in [-0.4, -0.2) is 29.0 Å². The molecule has 8 heteroatoms. The first-order valence-corrected chi connectivity index (χ1v) is 6.39. The highest BCUT2D eigenvalue weighted by atomic mass is 16.6. The molecule has 0 aliphatic carbocycles. The molecule has 0 aliphatic rings. The number of ether oxygens (including phenoxy) is 1. The summed E-state index contributed by atoms with van der Waals surface area (Å²) in [7, 11) is 1.37. The molecular weight excluding hydrogens is 304 g/mol. The number of nitro groups is 1. The predicted molar refractivity (Wildman–Crippen MR) is 81.0 cm³/mol. The van der Waals surface area contributed by atoms with E-state index in [1.54, 1.807) is 0 Å². The maximum absolute atomic E-state index is 12.2. The summed E-state index contributed by atoms with van der Waals surface area (Å²) in [6.45, 7) is 0. The van der Waals surface area contributed by atoms with E-state index in [9.17, 15) is 19.7 Å². The van der Waals surface area contributed by atoms with Crippen LogP contribution in [0.2, 0.25) is 0 Å². The molecule has 2 rings (SSSR count). The van der Waals surface area contributed by atoms with Crippen molar-refractivity contribution in [2.75, 3.05) is 12.4 Å². The fraction of sp³-hybridized carbons (Fsp3) is 0.0667. The first-order chi connectivity index (χ1) is 10.9. The molecule has 0 fully saturated rings. The number of hydrogen-bond acceptors (Lipinski definition) is 5. The molecule has 118 valence electrons. The SMILES string of the molecule is COc1ccc(C(=O)O)cc1NC(=O)c1cccc([N+](=O)[O-])c1. The number of nitro benzene ring substituents is 1. The molecule has 0 radical (unpaired) electrons. The van der Waals surface area contributed by atoms with E-state index >= 15 is 0 Å². The van der Waals surface area contributed by atoms with E-state index in [0.717, 1.165) is 6.07 Å². The van der Waals surface area contributed by atoms with Gasteiger partial charge in [0.1, 0.15) is 5.75 Å². The van der Waals surface area contributed by atoms with E-state index in [4.69, 9.17) is 9.84 Å². The van der Waals surface area contributed by atoms with Gasteiger partial charge in [-0.2, -0.15) is 0 Å². The van der Waals surface area contributed by atoms with Crippen molar-refractivity contribution in [3.05, 3.63) is 63.7 Å². The zero-order chi connectivity index (χ0) is 17.0. The minimum absolute atomic E-state index is 0.0276. The van der Waals surface area contributed by atoms with E-state index in [0.29, 0.717) is 0 Å². The summed E-state index contributed by atoms with van der Waals surface area (Å²) in [6, 6.07) is 9.19. The van der Waals surface area contributed by atoms with Crippen molar-refractivity contribution in [2.45, 2.75) is 0 Å². The number of benzene rings is 2. The van der Waals surface area contributed by atoms with Gasteiger partial charge in [-0.15, -0.1) is 0 Å². The van der Waals surface area contributed by atoms with Gasteiger partial charge in [0, 0.05) is 17.7 Å². The number of carbonyl (C=O) groups is 2. The van der Waals surface area contributed by atoms with Crippen LogP contribution < -0.4 is 10.1 Å². The van der Waals surface area contributed by atoms with Gasteiger partial charge in [0.2, 0.25) is 0 Å². The number of nitrogens with zero attached hydrogens (tertiary/aromatic N) is 1. The van der Waals surface area contributed by atoms with Crippen molar-refractivity contribution in [2.24, 2.45) is 0 Å². The van der Waals surface area contributed by atoms with Crippen molar-refractivity contribution in [3.63, 3.8) is 0 Å². The quantitative estimate of drug-likeness (QED) is 0.646. The van der Waals surface area contributed by atoms with Crippen LogP contribution in [0.5, 0.6) is 5.75 Å². The van der Waals surface area contributed by atoms with Gasteiger partial charge in [-0.1, -0.05) is 6.07 Å². The number of amides is 1. The number of carboxylic acids is 1. The summed E-state index contributed by atoms with van der Waals surface area (Å²) in [6.07, 6.45) is 0. The smallest absolute Gasteiger partial charge is 0.335 e. The van der Waals surface area contributed by atoms with Crippen molar-refractivity contribution >= 4 is 23.3 Å². The summed E-state index contributed by atoms with van der Waals surface area (Å²) >= 11 is 0. The number of nitrogens with one attached hydrogen (secondary N) is 1. The lowest BCUT2D eigenvalue weighted by atomic mass is 10.1. The summed E-state index contributed by atoms with van der Waals surface area (Å²) in [5, 5.41) is 22.2. The van der Waals surface area contributed by atoms with Gasteiger partial charge in [-0.05, 0) is 24.3 Å². The molecule has 0 aliphatic heterocycles. The number of hydrogen-bond donors (Lipinski definition) is 2. The molecule has 2 N–H and O–H groups in total. The van der Waals surface area contributed by atoms with Crippen LogP contribution in [0.3, 0.4) is 0 Å². The zero-order valence-electron chi connectivity index (χ0n) is 12.0. The highest BCUT2D eigenvalue weighted by Gasteiger charge is 2.15. The molecule has 0 aromatic heterocycles. The van der Waals surface area contributed by atoms with E-state index < -0.39 is 16.8 Å². The van der Waals surface area contributed by atoms with Gasteiger partial charge in [-0.3, -0.25) is 14.9 Å². The summed E-state index contributed by atoms with van der Waals surface area (Å²) in [5.74, 6) is -1.50. The van der Waals surface area contributed by atoms with Crippen molar-refractivity contribution in [1.82, 2.24) is 0 Å². The lowest BCUT2D eigenvalue weighted by Crippen LogP contribution is -2.13. The monoisotopic (exact) mass is 316 g/mol. The minimum atomic E-state index is -1.15. The summed E-state index contributed by atoms with van der Waals surface area (Å²) in [4.78, 5) is 33.3. The number of anilines is 1. The predicted octanol–water partition coefficient (Wildman–Crippen LogP) is 2.55. The lowest BCUT2D eigenvalue weighted by molar-refractivity contribution is -0.384. The maximum atomic E-state index is 12.2. The fourth-order valence-corrected chi connectivity index (χ4v) is 1.89. The van der Waals surface area contributed by atoms with E-state index in [1.807, 2.05) is 0 Å². The second-order valence-electron chi connectivity index (χ2n) is 4.48. The van der Waals surface area contributed by atoms with Gasteiger partial charge >= 0.3 is 5.97 Å². The van der Waals surface area contributed by atoms with Crippen LogP contribution in [0.25, 0.3) is 0 Å². The molecular formula is C15H12N2O6. The molecule has 0 atom stereocenters. The molecule has 0 saturated carbocycles. The first-order valence-electron chi connectivity index (χ1n) is 6.39. The average Bonchev–Trinajstić information content (AvgIpc) is 2.54. The van der Waals surface area contributed by atoms with Crippen LogP contribution in [-0.2, 0) is 0 Å². The number of carboxylic acid groups (broad SMARTS) is 1. The number of methoxy groups -OCH3 is 1. The highest BCUT2D eigenvalue weighted by Crippen LogP contribution is 2.26. The summed E-state index contributed by atoms with van der Waals surface area (Å²) < 4.78 is 5.06. The maximum Gasteiger partial charge on any atom is 0.335 e. The third kappa shape index (κ3) is 3.62. The Morgan fingerprint density at radius 3 is 2.52 bits per heavy atom. The Bertz CT molecular complexity index is 787. The van der Waals surface area contributed by atoms with Crippen LogP contribution in [0, 0.1) is 10.1 Å². The van der Waals surface area contributed by atoms with E-state index in [-0.39, 0.29) is 28.3 Å². The van der Waals surface area contributed by atoms with Crippen molar-refractivity contribution in [1.29, 1.82) is 0 Å². The van der Waals surface area contributed by atoms with Crippen LogP contribution in [0.4, 0.5) is 11.4 Å². The molecule has 2 aromatic carbocycles. The molecule has 2 aromatic rings. The summed E-state index contributed by atoms with van der Waals surface area (Å²) in [5.41, 5.74) is -0.0186. The number of carbonyl (C=O) groups excluding carboxylic acids is 1. The molecule has 23 heavy (non-hydrogen) atoms. The number of rotatable bonds is 5. The second kappa shape index (κ2) is 6.56. The third-order valence-corrected chi connectivity index (χ3v) is 3.01. The Kier molecular flexibility index (Phi) is 4.55. The minimum Gasteiger partial charge on any atom is -0.495 e. The molecule has 0 spiro atoms. The third-order valence-electron chi connectivity index (χ3n) is 3.01. The Balaban J connectivity index is 2.32.